The third kappa shape index (κ3) is 2.44. The van der Waals surface area contributed by atoms with Gasteiger partial charge in [-0.3, -0.25) is 0 Å². The molecule has 1 N–H and O–H groups in total. The average molecular weight is 368 g/mol. The van der Waals surface area contributed by atoms with E-state index in [2.05, 4.69) is 36.2 Å². The zero-order valence-corrected chi connectivity index (χ0v) is 13.3. The van der Waals surface area contributed by atoms with E-state index in [0.717, 1.165) is 15.7 Å². The smallest absolute Gasteiger partial charge is 0.272 e. The molecule has 112 valence electrons. The van der Waals surface area contributed by atoms with Crippen molar-refractivity contribution in [2.75, 3.05) is 0 Å². The van der Waals surface area contributed by atoms with Crippen molar-refractivity contribution in [3.05, 3.63) is 59.2 Å². The molecule has 0 saturated carbocycles. The molecule has 23 heavy (non-hydrogen) atoms. The van der Waals surface area contributed by atoms with Crippen LogP contribution in [-0.2, 0) is 0 Å². The number of hydrogen-bond acceptors (Lipinski definition) is 5. The highest BCUT2D eigenvalue weighted by molar-refractivity contribution is 9.10. The Kier molecular flexibility index (Phi) is 3.27. The largest absolute Gasteiger partial charge is 0.507 e. The van der Waals surface area contributed by atoms with Crippen LogP contribution >= 0.6 is 15.9 Å². The molecule has 0 aliphatic heterocycles. The molecule has 2 aromatic carbocycles. The fourth-order valence-corrected chi connectivity index (χ4v) is 2.66. The maximum atomic E-state index is 10.0. The van der Waals surface area contributed by atoms with Crippen LogP contribution in [0.1, 0.15) is 0 Å². The fourth-order valence-electron chi connectivity index (χ4n) is 2.30. The number of fused-ring (bicyclic) bond motifs is 1. The standard InChI is InChI=1S/C16H10BrN5O/c17-11-6-7-14(23)12(8-11)15-20-21-16-19-13(9-18-22(15)16)10-4-2-1-3-5-10/h1-9,23H. The summed E-state index contributed by atoms with van der Waals surface area (Å²) in [5.74, 6) is 0.920. The van der Waals surface area contributed by atoms with Gasteiger partial charge in [-0.25, -0.2) is 4.98 Å². The van der Waals surface area contributed by atoms with Crippen molar-refractivity contribution in [1.82, 2.24) is 24.8 Å². The first-order chi connectivity index (χ1) is 11.2. The molecule has 0 aliphatic carbocycles. The summed E-state index contributed by atoms with van der Waals surface area (Å²) < 4.78 is 2.34. The van der Waals surface area contributed by atoms with Gasteiger partial charge in [-0.15, -0.1) is 10.2 Å². The quantitative estimate of drug-likeness (QED) is 0.588. The maximum absolute atomic E-state index is 10.0. The Hall–Kier alpha value is -2.80. The van der Waals surface area contributed by atoms with E-state index in [1.807, 2.05) is 30.3 Å². The Morgan fingerprint density at radius 3 is 2.65 bits per heavy atom. The molecule has 7 heteroatoms. The zero-order chi connectivity index (χ0) is 15.8. The van der Waals surface area contributed by atoms with E-state index < -0.39 is 0 Å². The van der Waals surface area contributed by atoms with E-state index in [0.29, 0.717) is 17.2 Å². The molecule has 0 amide bonds. The third-order valence-electron chi connectivity index (χ3n) is 3.41. The molecule has 0 spiro atoms. The first kappa shape index (κ1) is 13.8. The number of benzene rings is 2. The topological polar surface area (TPSA) is 76.2 Å². The Morgan fingerprint density at radius 2 is 1.83 bits per heavy atom. The third-order valence-corrected chi connectivity index (χ3v) is 3.90. The van der Waals surface area contributed by atoms with Gasteiger partial charge in [0.15, 0.2) is 5.82 Å². The first-order valence-corrected chi connectivity index (χ1v) is 7.64. The van der Waals surface area contributed by atoms with Crippen LogP contribution in [0.25, 0.3) is 28.4 Å². The summed E-state index contributed by atoms with van der Waals surface area (Å²) in [5, 5.41) is 22.6. The summed E-state index contributed by atoms with van der Waals surface area (Å²) in [6.45, 7) is 0. The minimum atomic E-state index is 0.108. The van der Waals surface area contributed by atoms with Crippen molar-refractivity contribution in [2.45, 2.75) is 0 Å². The van der Waals surface area contributed by atoms with E-state index >= 15 is 0 Å². The van der Waals surface area contributed by atoms with Gasteiger partial charge < -0.3 is 5.11 Å². The number of phenols is 1. The van der Waals surface area contributed by atoms with Gasteiger partial charge in [-0.2, -0.15) is 9.61 Å². The molecule has 0 atom stereocenters. The van der Waals surface area contributed by atoms with Gasteiger partial charge in [0.25, 0.3) is 5.78 Å². The Balaban J connectivity index is 1.87. The summed E-state index contributed by atoms with van der Waals surface area (Å²) in [6, 6.07) is 14.8. The molecule has 4 rings (SSSR count). The second-order valence-corrected chi connectivity index (χ2v) is 5.82. The van der Waals surface area contributed by atoms with Crippen molar-refractivity contribution in [1.29, 1.82) is 0 Å². The predicted molar refractivity (Wildman–Crippen MR) is 88.8 cm³/mol. The van der Waals surface area contributed by atoms with Gasteiger partial charge in [0.1, 0.15) is 5.75 Å². The van der Waals surface area contributed by atoms with Crippen LogP contribution in [0.2, 0.25) is 0 Å². The van der Waals surface area contributed by atoms with Crippen molar-refractivity contribution >= 4 is 21.7 Å². The highest BCUT2D eigenvalue weighted by Gasteiger charge is 2.15. The summed E-state index contributed by atoms with van der Waals surface area (Å²) in [7, 11) is 0. The molecular weight excluding hydrogens is 358 g/mol. The number of nitrogens with zero attached hydrogens (tertiary/aromatic N) is 5. The number of aromatic hydroxyl groups is 1. The molecular formula is C16H10BrN5O. The highest BCUT2D eigenvalue weighted by atomic mass is 79.9. The lowest BCUT2D eigenvalue weighted by atomic mass is 10.2. The molecule has 0 aliphatic rings. The number of hydrogen-bond donors (Lipinski definition) is 1. The van der Waals surface area contributed by atoms with Gasteiger partial charge in [-0.05, 0) is 18.2 Å². The molecule has 0 unspecified atom stereocenters. The summed E-state index contributed by atoms with van der Waals surface area (Å²) >= 11 is 3.38. The lowest BCUT2D eigenvalue weighted by Crippen LogP contribution is -1.98. The van der Waals surface area contributed by atoms with Crippen molar-refractivity contribution in [3.8, 4) is 28.4 Å². The number of halogens is 1. The predicted octanol–water partition coefficient (Wildman–Crippen LogP) is 3.32. The Morgan fingerprint density at radius 1 is 1.00 bits per heavy atom. The number of phenolic OH excluding ortho intramolecular Hbond substituents is 1. The van der Waals surface area contributed by atoms with E-state index in [9.17, 15) is 5.11 Å². The van der Waals surface area contributed by atoms with Crippen molar-refractivity contribution in [2.24, 2.45) is 0 Å². The van der Waals surface area contributed by atoms with Gasteiger partial charge in [0.05, 0.1) is 17.5 Å². The summed E-state index contributed by atoms with van der Waals surface area (Å²) in [4.78, 5) is 4.48. The summed E-state index contributed by atoms with van der Waals surface area (Å²) in [6.07, 6.45) is 1.66. The van der Waals surface area contributed by atoms with E-state index in [1.165, 1.54) is 4.52 Å². The first-order valence-electron chi connectivity index (χ1n) is 6.85. The van der Waals surface area contributed by atoms with Crippen LogP contribution in [0.5, 0.6) is 5.75 Å². The van der Waals surface area contributed by atoms with Gasteiger partial charge >= 0.3 is 0 Å². The maximum Gasteiger partial charge on any atom is 0.272 e. The van der Waals surface area contributed by atoms with Crippen LogP contribution in [0.15, 0.2) is 59.2 Å². The van der Waals surface area contributed by atoms with Gasteiger partial charge in [0.2, 0.25) is 0 Å². The SMILES string of the molecule is Oc1ccc(Br)cc1-c1nnc2nc(-c3ccccc3)cnn12. The molecule has 2 heterocycles. The van der Waals surface area contributed by atoms with Crippen LogP contribution in [0.4, 0.5) is 0 Å². The molecule has 0 bridgehead atoms. The fraction of sp³-hybridized carbons (Fsp3) is 0. The summed E-state index contributed by atoms with van der Waals surface area (Å²) in [5.41, 5.74) is 2.21. The van der Waals surface area contributed by atoms with Gasteiger partial charge in [-0.1, -0.05) is 46.3 Å². The molecule has 4 aromatic rings. The van der Waals surface area contributed by atoms with Crippen molar-refractivity contribution < 1.29 is 5.11 Å². The molecule has 2 aromatic heterocycles. The van der Waals surface area contributed by atoms with Crippen LogP contribution in [0, 0.1) is 0 Å². The van der Waals surface area contributed by atoms with Crippen LogP contribution in [0.3, 0.4) is 0 Å². The van der Waals surface area contributed by atoms with Crippen molar-refractivity contribution in [3.63, 3.8) is 0 Å². The van der Waals surface area contributed by atoms with Crippen LogP contribution < -0.4 is 0 Å². The molecule has 6 nitrogen and oxygen atoms in total. The molecule has 0 radical (unpaired) electrons. The number of aromatic nitrogens is 5. The number of rotatable bonds is 2. The lowest BCUT2D eigenvalue weighted by molar-refractivity contribution is 0.476. The second-order valence-electron chi connectivity index (χ2n) is 4.90. The molecule has 0 fully saturated rings. The van der Waals surface area contributed by atoms with Gasteiger partial charge in [0, 0.05) is 10.0 Å². The minimum absolute atomic E-state index is 0.108. The monoisotopic (exact) mass is 367 g/mol. The van der Waals surface area contributed by atoms with E-state index in [-0.39, 0.29) is 5.75 Å². The second kappa shape index (κ2) is 5.44. The molecule has 0 saturated heterocycles. The minimum Gasteiger partial charge on any atom is -0.507 e. The Labute approximate surface area is 139 Å². The lowest BCUT2D eigenvalue weighted by Gasteiger charge is -2.04. The van der Waals surface area contributed by atoms with E-state index in [4.69, 9.17) is 0 Å². The van der Waals surface area contributed by atoms with Crippen LogP contribution in [-0.4, -0.2) is 29.9 Å². The normalized spacial score (nSPS) is 11.0. The zero-order valence-electron chi connectivity index (χ0n) is 11.8. The van der Waals surface area contributed by atoms with E-state index in [1.54, 1.807) is 24.4 Å². The average Bonchev–Trinajstić information content (AvgIpc) is 3.01. The highest BCUT2D eigenvalue weighted by Crippen LogP contribution is 2.30. The Bertz CT molecular complexity index is 1000.